The van der Waals surface area contributed by atoms with Crippen LogP contribution < -0.4 is 16.0 Å². The summed E-state index contributed by atoms with van der Waals surface area (Å²) in [5, 5.41) is 3.07. The summed E-state index contributed by atoms with van der Waals surface area (Å²) in [6, 6.07) is 6.18. The minimum Gasteiger partial charge on any atom is -0.381 e. The highest BCUT2D eigenvalue weighted by molar-refractivity contribution is 5.66. The summed E-state index contributed by atoms with van der Waals surface area (Å²) in [6.07, 6.45) is 2.09. The predicted molar refractivity (Wildman–Crippen MR) is 90.6 cm³/mol. The van der Waals surface area contributed by atoms with Gasteiger partial charge in [-0.25, -0.2) is 9.37 Å². The lowest BCUT2D eigenvalue weighted by Crippen LogP contribution is -2.30. The molecule has 0 spiro atoms. The van der Waals surface area contributed by atoms with E-state index in [4.69, 9.17) is 5.73 Å². The Morgan fingerprint density at radius 1 is 1.39 bits per heavy atom. The molecule has 0 saturated carbocycles. The van der Waals surface area contributed by atoms with E-state index in [-0.39, 0.29) is 5.82 Å². The van der Waals surface area contributed by atoms with Gasteiger partial charge in [-0.15, -0.1) is 0 Å². The van der Waals surface area contributed by atoms with Gasteiger partial charge < -0.3 is 20.9 Å². The lowest BCUT2D eigenvalue weighted by molar-refractivity contribution is 0.414. The SMILES string of the molecule is CN(C)CCN1CCc2cc(Nc3ncc(F)c(N)n3)ccc21. The molecule has 1 aromatic carbocycles. The first-order chi connectivity index (χ1) is 11.0. The van der Waals surface area contributed by atoms with Gasteiger partial charge in [-0.05, 0) is 44.3 Å². The van der Waals surface area contributed by atoms with Gasteiger partial charge in [0.1, 0.15) is 0 Å². The molecule has 0 atom stereocenters. The van der Waals surface area contributed by atoms with E-state index in [9.17, 15) is 4.39 Å². The smallest absolute Gasteiger partial charge is 0.229 e. The van der Waals surface area contributed by atoms with Gasteiger partial charge in [0, 0.05) is 31.0 Å². The highest BCUT2D eigenvalue weighted by atomic mass is 19.1. The van der Waals surface area contributed by atoms with Crippen molar-refractivity contribution in [2.45, 2.75) is 6.42 Å². The molecule has 0 amide bonds. The maximum Gasteiger partial charge on any atom is 0.229 e. The highest BCUT2D eigenvalue weighted by Crippen LogP contribution is 2.31. The van der Waals surface area contributed by atoms with Gasteiger partial charge in [0.25, 0.3) is 0 Å². The molecule has 0 unspecified atom stereocenters. The van der Waals surface area contributed by atoms with Gasteiger partial charge >= 0.3 is 0 Å². The van der Waals surface area contributed by atoms with Crippen molar-refractivity contribution in [3.05, 3.63) is 35.8 Å². The molecule has 2 aromatic rings. The molecule has 6 nitrogen and oxygen atoms in total. The topological polar surface area (TPSA) is 70.3 Å². The molecule has 0 saturated heterocycles. The van der Waals surface area contributed by atoms with Crippen LogP contribution in [0, 0.1) is 5.82 Å². The summed E-state index contributed by atoms with van der Waals surface area (Å²) in [4.78, 5) is 12.4. The van der Waals surface area contributed by atoms with E-state index >= 15 is 0 Å². The number of fused-ring (bicyclic) bond motifs is 1. The van der Waals surface area contributed by atoms with Crippen molar-refractivity contribution in [3.63, 3.8) is 0 Å². The normalized spacial score (nSPS) is 13.5. The number of likely N-dealkylation sites (N-methyl/N-ethyl adjacent to an activating group) is 1. The second-order valence-corrected chi connectivity index (χ2v) is 5.94. The predicted octanol–water partition coefficient (Wildman–Crippen LogP) is 1.87. The highest BCUT2D eigenvalue weighted by Gasteiger charge is 2.19. The fourth-order valence-corrected chi connectivity index (χ4v) is 2.67. The Balaban J connectivity index is 1.73. The molecule has 3 N–H and O–H groups in total. The molecule has 2 heterocycles. The second kappa shape index (κ2) is 6.37. The third-order valence-electron chi connectivity index (χ3n) is 3.92. The molecule has 0 radical (unpaired) electrons. The first-order valence-corrected chi connectivity index (χ1v) is 7.60. The number of benzene rings is 1. The quantitative estimate of drug-likeness (QED) is 0.877. The number of hydrogen-bond acceptors (Lipinski definition) is 6. The van der Waals surface area contributed by atoms with E-state index in [1.165, 1.54) is 11.3 Å². The number of hydrogen-bond donors (Lipinski definition) is 2. The number of nitrogens with zero attached hydrogens (tertiary/aromatic N) is 4. The van der Waals surface area contributed by atoms with Crippen molar-refractivity contribution < 1.29 is 4.39 Å². The van der Waals surface area contributed by atoms with Gasteiger partial charge in [-0.3, -0.25) is 0 Å². The standard InChI is InChI=1S/C16H21FN6/c1-22(2)7-8-23-6-5-11-9-12(3-4-14(11)23)20-16-19-10-13(17)15(18)21-16/h3-4,9-10H,5-8H2,1-2H3,(H3,18,19,20,21). The summed E-state index contributed by atoms with van der Waals surface area (Å²) in [7, 11) is 4.16. The third kappa shape index (κ3) is 3.50. The van der Waals surface area contributed by atoms with Crippen molar-refractivity contribution in [1.82, 2.24) is 14.9 Å². The van der Waals surface area contributed by atoms with Gasteiger partial charge in [0.15, 0.2) is 11.6 Å². The maximum absolute atomic E-state index is 13.1. The Morgan fingerprint density at radius 3 is 2.96 bits per heavy atom. The largest absolute Gasteiger partial charge is 0.381 e. The van der Waals surface area contributed by atoms with Crippen LogP contribution in [0.5, 0.6) is 0 Å². The Labute approximate surface area is 135 Å². The lowest BCUT2D eigenvalue weighted by atomic mass is 10.1. The summed E-state index contributed by atoms with van der Waals surface area (Å²) in [6.45, 7) is 3.08. The van der Waals surface area contributed by atoms with Crippen molar-refractivity contribution in [1.29, 1.82) is 0 Å². The van der Waals surface area contributed by atoms with Crippen LogP contribution in [0.1, 0.15) is 5.56 Å². The van der Waals surface area contributed by atoms with E-state index in [1.54, 1.807) is 0 Å². The molecule has 7 heteroatoms. The van der Waals surface area contributed by atoms with E-state index < -0.39 is 5.82 Å². The Morgan fingerprint density at radius 2 is 2.22 bits per heavy atom. The van der Waals surface area contributed by atoms with Crippen LogP contribution in [0.4, 0.5) is 27.5 Å². The van der Waals surface area contributed by atoms with Crippen LogP contribution in [0.2, 0.25) is 0 Å². The van der Waals surface area contributed by atoms with Crippen LogP contribution in [-0.4, -0.2) is 48.6 Å². The molecule has 122 valence electrons. The summed E-state index contributed by atoms with van der Waals surface area (Å²) >= 11 is 0. The molecule has 0 aliphatic carbocycles. The van der Waals surface area contributed by atoms with Crippen molar-refractivity contribution in [2.24, 2.45) is 0 Å². The molecule has 0 bridgehead atoms. The Kier molecular flexibility index (Phi) is 4.29. The number of nitrogens with two attached hydrogens (primary N) is 1. The van der Waals surface area contributed by atoms with E-state index in [0.717, 1.165) is 37.9 Å². The molecule has 1 aliphatic rings. The zero-order chi connectivity index (χ0) is 16.4. The number of anilines is 4. The molecule has 3 rings (SSSR count). The second-order valence-electron chi connectivity index (χ2n) is 5.94. The van der Waals surface area contributed by atoms with Crippen LogP contribution in [-0.2, 0) is 6.42 Å². The fourth-order valence-electron chi connectivity index (χ4n) is 2.67. The van der Waals surface area contributed by atoms with Crippen LogP contribution in [0.25, 0.3) is 0 Å². The Bertz CT molecular complexity index is 703. The zero-order valence-electron chi connectivity index (χ0n) is 13.4. The van der Waals surface area contributed by atoms with Gasteiger partial charge in [-0.1, -0.05) is 0 Å². The third-order valence-corrected chi connectivity index (χ3v) is 3.92. The van der Waals surface area contributed by atoms with Crippen LogP contribution in [0.3, 0.4) is 0 Å². The van der Waals surface area contributed by atoms with Crippen LogP contribution >= 0.6 is 0 Å². The van der Waals surface area contributed by atoms with Gasteiger partial charge in [0.2, 0.25) is 5.95 Å². The van der Waals surface area contributed by atoms with Crippen molar-refractivity contribution >= 4 is 23.1 Å². The minimum absolute atomic E-state index is 0.154. The molecule has 1 aliphatic heterocycles. The van der Waals surface area contributed by atoms with E-state index in [0.29, 0.717) is 5.95 Å². The summed E-state index contributed by atoms with van der Waals surface area (Å²) in [5.74, 6) is -0.467. The summed E-state index contributed by atoms with van der Waals surface area (Å²) < 4.78 is 13.1. The number of halogens is 1. The minimum atomic E-state index is -0.610. The molecule has 0 fully saturated rings. The number of nitrogens with one attached hydrogen (secondary N) is 1. The summed E-state index contributed by atoms with van der Waals surface area (Å²) in [5.41, 5.74) is 8.91. The van der Waals surface area contributed by atoms with Crippen LogP contribution in [0.15, 0.2) is 24.4 Å². The lowest BCUT2D eigenvalue weighted by Gasteiger charge is -2.21. The first kappa shape index (κ1) is 15.5. The fraction of sp³-hybridized carbons (Fsp3) is 0.375. The molecule has 1 aromatic heterocycles. The van der Waals surface area contributed by atoms with Crippen molar-refractivity contribution in [2.75, 3.05) is 49.7 Å². The van der Waals surface area contributed by atoms with Gasteiger partial charge in [0.05, 0.1) is 6.20 Å². The average molecular weight is 316 g/mol. The Hall–Kier alpha value is -2.41. The molecular weight excluding hydrogens is 295 g/mol. The van der Waals surface area contributed by atoms with E-state index in [1.807, 2.05) is 6.07 Å². The number of aromatic nitrogens is 2. The zero-order valence-corrected chi connectivity index (χ0v) is 13.4. The van der Waals surface area contributed by atoms with Crippen molar-refractivity contribution in [3.8, 4) is 0 Å². The first-order valence-electron chi connectivity index (χ1n) is 7.60. The average Bonchev–Trinajstić information content (AvgIpc) is 2.91. The van der Waals surface area contributed by atoms with E-state index in [2.05, 4.69) is 51.3 Å². The molecule has 23 heavy (non-hydrogen) atoms. The monoisotopic (exact) mass is 316 g/mol. The van der Waals surface area contributed by atoms with Gasteiger partial charge in [-0.2, -0.15) is 4.98 Å². The maximum atomic E-state index is 13.1. The molecular formula is C16H21FN6. The number of nitrogen functional groups attached to an aromatic ring is 1. The number of rotatable bonds is 5.